The van der Waals surface area contributed by atoms with E-state index in [1.165, 1.54) is 16.8 Å². The number of H-pyrrole nitrogens is 1. The molecule has 0 fully saturated rings. The van der Waals surface area contributed by atoms with Crippen LogP contribution in [0.4, 0.5) is 0 Å². The molecule has 3 rings (SSSR count). The van der Waals surface area contributed by atoms with Crippen molar-refractivity contribution in [1.29, 1.82) is 0 Å². The summed E-state index contributed by atoms with van der Waals surface area (Å²) in [6.45, 7) is 0. The molecular formula is C13H8BrN3O2. The van der Waals surface area contributed by atoms with Crippen molar-refractivity contribution in [3.63, 3.8) is 0 Å². The van der Waals surface area contributed by atoms with Gasteiger partial charge in [-0.05, 0) is 6.07 Å². The molecule has 3 aromatic rings. The quantitative estimate of drug-likeness (QED) is 0.744. The summed E-state index contributed by atoms with van der Waals surface area (Å²) in [6, 6.07) is 6.99. The van der Waals surface area contributed by atoms with Gasteiger partial charge in [-0.15, -0.1) is 0 Å². The monoisotopic (exact) mass is 317 g/mol. The highest BCUT2D eigenvalue weighted by Crippen LogP contribution is 2.26. The van der Waals surface area contributed by atoms with Gasteiger partial charge in [0.15, 0.2) is 0 Å². The number of fused-ring (bicyclic) bond motifs is 1. The minimum absolute atomic E-state index is 0.421. The van der Waals surface area contributed by atoms with Gasteiger partial charge in [0.2, 0.25) is 0 Å². The average Bonchev–Trinajstić information content (AvgIpc) is 2.39. The molecule has 19 heavy (non-hydrogen) atoms. The molecule has 2 heterocycles. The molecule has 0 bridgehead atoms. The molecule has 5 nitrogen and oxygen atoms in total. The summed E-state index contributed by atoms with van der Waals surface area (Å²) in [5.74, 6) is 0. The minimum Gasteiger partial charge on any atom is -0.274 e. The molecule has 0 aliphatic rings. The molecule has 0 aliphatic carbocycles. The Morgan fingerprint density at radius 1 is 1.11 bits per heavy atom. The Hall–Kier alpha value is -2.21. The zero-order chi connectivity index (χ0) is 13.4. The molecule has 0 radical (unpaired) electrons. The number of aromatic nitrogens is 3. The van der Waals surface area contributed by atoms with Crippen LogP contribution in [-0.4, -0.2) is 14.5 Å². The average molecular weight is 318 g/mol. The first-order chi connectivity index (χ1) is 9.16. The van der Waals surface area contributed by atoms with Crippen LogP contribution in [0.15, 0.2) is 56.9 Å². The summed E-state index contributed by atoms with van der Waals surface area (Å²) in [4.78, 5) is 29.3. The van der Waals surface area contributed by atoms with Crippen LogP contribution in [0.2, 0.25) is 0 Å². The number of hydrogen-bond acceptors (Lipinski definition) is 3. The van der Waals surface area contributed by atoms with Gasteiger partial charge in [0.05, 0.1) is 11.9 Å². The maximum Gasteiger partial charge on any atom is 0.332 e. The Bertz CT molecular complexity index is 883. The molecule has 0 saturated carbocycles. The van der Waals surface area contributed by atoms with E-state index < -0.39 is 11.2 Å². The first-order valence-corrected chi connectivity index (χ1v) is 6.31. The summed E-state index contributed by atoms with van der Waals surface area (Å²) >= 11 is 3.45. The summed E-state index contributed by atoms with van der Waals surface area (Å²) in [6.07, 6.45) is 4.76. The van der Waals surface area contributed by atoms with E-state index in [-0.39, 0.29) is 0 Å². The highest BCUT2D eigenvalue weighted by molar-refractivity contribution is 9.10. The number of hydrogen-bond donors (Lipinski definition) is 1. The van der Waals surface area contributed by atoms with Gasteiger partial charge < -0.3 is 0 Å². The van der Waals surface area contributed by atoms with Gasteiger partial charge in [0, 0.05) is 33.7 Å². The van der Waals surface area contributed by atoms with Gasteiger partial charge in [0.1, 0.15) is 0 Å². The Morgan fingerprint density at radius 3 is 2.74 bits per heavy atom. The number of benzene rings is 1. The molecule has 0 amide bonds. The third-order valence-corrected chi connectivity index (χ3v) is 3.50. The lowest BCUT2D eigenvalue weighted by molar-refractivity contribution is 0.897. The van der Waals surface area contributed by atoms with Gasteiger partial charge in [-0.2, -0.15) is 0 Å². The number of nitrogens with one attached hydrogen (secondary N) is 1. The Kier molecular flexibility index (Phi) is 2.79. The molecule has 0 spiro atoms. The minimum atomic E-state index is -0.484. The van der Waals surface area contributed by atoms with E-state index in [9.17, 15) is 9.59 Å². The first kappa shape index (κ1) is 11.9. The highest BCUT2D eigenvalue weighted by Gasteiger charge is 2.07. The smallest absolute Gasteiger partial charge is 0.274 e. The molecule has 0 aliphatic heterocycles. The third kappa shape index (κ3) is 2.00. The number of aromatic amines is 1. The predicted octanol–water partition coefficient (Wildman–Crippen LogP) is 1.84. The highest BCUT2D eigenvalue weighted by atomic mass is 79.9. The molecule has 6 heteroatoms. The Balaban J connectivity index is 2.40. The van der Waals surface area contributed by atoms with Crippen LogP contribution < -0.4 is 11.2 Å². The predicted molar refractivity (Wildman–Crippen MR) is 75.7 cm³/mol. The summed E-state index contributed by atoms with van der Waals surface area (Å²) < 4.78 is 2.26. The second-order valence-electron chi connectivity index (χ2n) is 3.97. The molecule has 1 N–H and O–H groups in total. The number of rotatable bonds is 1. The van der Waals surface area contributed by atoms with Crippen LogP contribution >= 0.6 is 15.9 Å². The molecule has 0 atom stereocenters. The van der Waals surface area contributed by atoms with E-state index in [0.29, 0.717) is 5.69 Å². The first-order valence-electron chi connectivity index (χ1n) is 5.51. The Morgan fingerprint density at radius 2 is 1.95 bits per heavy atom. The van der Waals surface area contributed by atoms with Crippen LogP contribution in [0, 0.1) is 0 Å². The zero-order valence-electron chi connectivity index (χ0n) is 9.63. The lowest BCUT2D eigenvalue weighted by Crippen LogP contribution is -2.27. The molecule has 1 aromatic carbocycles. The van der Waals surface area contributed by atoms with Gasteiger partial charge in [-0.3, -0.25) is 19.3 Å². The fraction of sp³-hybridized carbons (Fsp3) is 0. The van der Waals surface area contributed by atoms with Crippen molar-refractivity contribution >= 4 is 26.7 Å². The third-order valence-electron chi connectivity index (χ3n) is 2.81. The number of pyridine rings is 1. The second kappa shape index (κ2) is 4.47. The maximum atomic E-state index is 11.8. The van der Waals surface area contributed by atoms with Crippen molar-refractivity contribution in [2.24, 2.45) is 0 Å². The van der Waals surface area contributed by atoms with Crippen molar-refractivity contribution in [2.75, 3.05) is 0 Å². The van der Waals surface area contributed by atoms with Crippen LogP contribution in [0.5, 0.6) is 0 Å². The SMILES string of the molecule is O=c1ccn(-c2cncc3c(Br)cccc23)c(=O)[nH]1. The van der Waals surface area contributed by atoms with E-state index in [1.54, 1.807) is 12.4 Å². The maximum absolute atomic E-state index is 11.8. The van der Waals surface area contributed by atoms with Gasteiger partial charge in [-0.1, -0.05) is 28.1 Å². The number of halogens is 1. The van der Waals surface area contributed by atoms with Crippen molar-refractivity contribution in [1.82, 2.24) is 14.5 Å². The lowest BCUT2D eigenvalue weighted by Gasteiger charge is -2.08. The van der Waals surface area contributed by atoms with Crippen molar-refractivity contribution in [3.8, 4) is 5.69 Å². The van der Waals surface area contributed by atoms with Crippen molar-refractivity contribution < 1.29 is 0 Å². The van der Waals surface area contributed by atoms with E-state index in [2.05, 4.69) is 25.9 Å². The van der Waals surface area contributed by atoms with E-state index in [0.717, 1.165) is 15.2 Å². The van der Waals surface area contributed by atoms with Gasteiger partial charge in [-0.25, -0.2) is 4.79 Å². The van der Waals surface area contributed by atoms with Crippen LogP contribution in [0.1, 0.15) is 0 Å². The molecule has 2 aromatic heterocycles. The Labute approximate surface area is 115 Å². The normalized spacial score (nSPS) is 10.8. The largest absolute Gasteiger partial charge is 0.332 e. The van der Waals surface area contributed by atoms with Gasteiger partial charge >= 0.3 is 5.69 Å². The second-order valence-corrected chi connectivity index (χ2v) is 4.83. The molecular weight excluding hydrogens is 310 g/mol. The molecule has 94 valence electrons. The van der Waals surface area contributed by atoms with Crippen molar-refractivity contribution in [2.45, 2.75) is 0 Å². The van der Waals surface area contributed by atoms with E-state index in [4.69, 9.17) is 0 Å². The fourth-order valence-electron chi connectivity index (χ4n) is 1.94. The fourth-order valence-corrected chi connectivity index (χ4v) is 2.41. The van der Waals surface area contributed by atoms with Crippen molar-refractivity contribution in [3.05, 3.63) is 68.2 Å². The zero-order valence-corrected chi connectivity index (χ0v) is 11.2. The summed E-state index contributed by atoms with van der Waals surface area (Å²) in [5, 5.41) is 1.77. The van der Waals surface area contributed by atoms with E-state index in [1.807, 2.05) is 18.2 Å². The van der Waals surface area contributed by atoms with Gasteiger partial charge in [0.25, 0.3) is 5.56 Å². The lowest BCUT2D eigenvalue weighted by atomic mass is 10.1. The van der Waals surface area contributed by atoms with Crippen LogP contribution in [-0.2, 0) is 0 Å². The number of nitrogens with zero attached hydrogens (tertiary/aromatic N) is 2. The summed E-state index contributed by atoms with van der Waals surface area (Å²) in [7, 11) is 0. The molecule has 0 unspecified atom stereocenters. The van der Waals surface area contributed by atoms with Crippen LogP contribution in [0.25, 0.3) is 16.5 Å². The molecule has 0 saturated heterocycles. The van der Waals surface area contributed by atoms with E-state index >= 15 is 0 Å². The van der Waals surface area contributed by atoms with Crippen LogP contribution in [0.3, 0.4) is 0 Å². The topological polar surface area (TPSA) is 67.8 Å². The summed E-state index contributed by atoms with van der Waals surface area (Å²) in [5.41, 5.74) is -0.280. The standard InChI is InChI=1S/C13H8BrN3O2/c14-10-3-1-2-8-9(10)6-15-7-11(8)17-5-4-12(18)16-13(17)19/h1-7H,(H,16,18,19).